The number of morpholine rings is 1. The molecular formula is C21H22F2N8O. The van der Waals surface area contributed by atoms with Crippen molar-refractivity contribution in [1.82, 2.24) is 29.5 Å². The van der Waals surface area contributed by atoms with E-state index in [2.05, 4.69) is 25.5 Å². The Labute approximate surface area is 182 Å². The Morgan fingerprint density at radius 1 is 1.09 bits per heavy atom. The first-order valence-electron chi connectivity index (χ1n) is 10.4. The summed E-state index contributed by atoms with van der Waals surface area (Å²) in [7, 11) is 0. The lowest BCUT2D eigenvalue weighted by atomic mass is 10.1. The molecule has 0 spiro atoms. The van der Waals surface area contributed by atoms with Gasteiger partial charge in [-0.1, -0.05) is 0 Å². The highest BCUT2D eigenvalue weighted by Gasteiger charge is 2.18. The summed E-state index contributed by atoms with van der Waals surface area (Å²) in [6, 6.07) is 2.89. The molecule has 5 rings (SSSR count). The Bertz CT molecular complexity index is 1250. The zero-order valence-electron chi connectivity index (χ0n) is 17.5. The predicted octanol–water partition coefficient (Wildman–Crippen LogP) is 2.95. The molecule has 0 radical (unpaired) electrons. The van der Waals surface area contributed by atoms with E-state index in [1.807, 2.05) is 18.0 Å². The number of hydrogen-bond donors (Lipinski definition) is 1. The second-order valence-electron chi connectivity index (χ2n) is 7.48. The highest BCUT2D eigenvalue weighted by Crippen LogP contribution is 2.25. The lowest BCUT2D eigenvalue weighted by Gasteiger charge is -2.29. The predicted molar refractivity (Wildman–Crippen MR) is 115 cm³/mol. The van der Waals surface area contributed by atoms with Crippen LogP contribution in [0.1, 0.15) is 12.5 Å². The lowest BCUT2D eigenvalue weighted by molar-refractivity contribution is 0.122. The van der Waals surface area contributed by atoms with Crippen molar-refractivity contribution >= 4 is 28.4 Å². The molecule has 11 heteroatoms. The number of nitrogens with one attached hydrogen (secondary N) is 1. The van der Waals surface area contributed by atoms with Crippen LogP contribution in [0.15, 0.2) is 36.9 Å². The SMILES string of the molecule is CCn1cc(Nc2ncc3cnn(Cc4cc(N5CCOCC5)cc(F)c4F)c3n2)cn1. The van der Waals surface area contributed by atoms with E-state index >= 15 is 0 Å². The summed E-state index contributed by atoms with van der Waals surface area (Å²) < 4.78 is 37.7. The third kappa shape index (κ3) is 3.98. The first-order chi connectivity index (χ1) is 15.6. The smallest absolute Gasteiger partial charge is 0.229 e. The number of fused-ring (bicyclic) bond motifs is 1. The van der Waals surface area contributed by atoms with Crippen molar-refractivity contribution in [2.75, 3.05) is 36.5 Å². The van der Waals surface area contributed by atoms with Gasteiger partial charge >= 0.3 is 0 Å². The summed E-state index contributed by atoms with van der Waals surface area (Å²) in [6.07, 6.45) is 6.78. The zero-order chi connectivity index (χ0) is 22.1. The van der Waals surface area contributed by atoms with Crippen LogP contribution in [0.4, 0.5) is 26.1 Å². The maximum Gasteiger partial charge on any atom is 0.229 e. The van der Waals surface area contributed by atoms with Crippen molar-refractivity contribution < 1.29 is 13.5 Å². The van der Waals surface area contributed by atoms with Crippen molar-refractivity contribution in [2.45, 2.75) is 20.0 Å². The Hall–Kier alpha value is -3.60. The van der Waals surface area contributed by atoms with Crippen molar-refractivity contribution in [3.8, 4) is 0 Å². The largest absolute Gasteiger partial charge is 0.378 e. The number of anilines is 3. The van der Waals surface area contributed by atoms with Crippen molar-refractivity contribution in [1.29, 1.82) is 0 Å². The second-order valence-corrected chi connectivity index (χ2v) is 7.48. The van der Waals surface area contributed by atoms with Crippen LogP contribution in [0.25, 0.3) is 11.0 Å². The third-order valence-corrected chi connectivity index (χ3v) is 5.37. The molecule has 3 aromatic heterocycles. The van der Waals surface area contributed by atoms with Gasteiger partial charge in [-0.15, -0.1) is 0 Å². The fourth-order valence-corrected chi connectivity index (χ4v) is 3.68. The van der Waals surface area contributed by atoms with Gasteiger partial charge in [0.2, 0.25) is 5.95 Å². The highest BCUT2D eigenvalue weighted by atomic mass is 19.2. The summed E-state index contributed by atoms with van der Waals surface area (Å²) in [6.45, 7) is 5.16. The van der Waals surface area contributed by atoms with Gasteiger partial charge in [-0.25, -0.2) is 18.4 Å². The Balaban J connectivity index is 1.44. The van der Waals surface area contributed by atoms with Crippen molar-refractivity contribution in [3.63, 3.8) is 0 Å². The number of ether oxygens (including phenoxy) is 1. The second kappa shape index (κ2) is 8.50. The van der Waals surface area contributed by atoms with Gasteiger partial charge in [-0.3, -0.25) is 4.68 Å². The lowest BCUT2D eigenvalue weighted by Crippen LogP contribution is -2.36. The highest BCUT2D eigenvalue weighted by molar-refractivity contribution is 5.75. The number of hydrogen-bond acceptors (Lipinski definition) is 7. The number of benzene rings is 1. The molecule has 0 unspecified atom stereocenters. The van der Waals surface area contributed by atoms with Gasteiger partial charge in [0.15, 0.2) is 17.3 Å². The summed E-state index contributed by atoms with van der Waals surface area (Å²) in [5.74, 6) is -1.40. The van der Waals surface area contributed by atoms with E-state index < -0.39 is 11.6 Å². The van der Waals surface area contributed by atoms with Gasteiger partial charge in [0.05, 0.1) is 43.2 Å². The maximum absolute atomic E-state index is 14.6. The molecule has 1 aromatic carbocycles. The van der Waals surface area contributed by atoms with E-state index in [0.717, 1.165) is 12.2 Å². The molecule has 0 amide bonds. The van der Waals surface area contributed by atoms with Crippen LogP contribution in [-0.2, 0) is 17.8 Å². The van der Waals surface area contributed by atoms with E-state index in [1.165, 1.54) is 6.07 Å². The van der Waals surface area contributed by atoms with Crippen LogP contribution in [-0.4, -0.2) is 55.8 Å². The van der Waals surface area contributed by atoms with E-state index in [-0.39, 0.29) is 12.1 Å². The van der Waals surface area contributed by atoms with E-state index in [0.29, 0.717) is 49.0 Å². The molecule has 0 aliphatic carbocycles. The van der Waals surface area contributed by atoms with E-state index in [9.17, 15) is 8.78 Å². The molecular weight excluding hydrogens is 418 g/mol. The maximum atomic E-state index is 14.6. The van der Waals surface area contributed by atoms with Crippen LogP contribution in [0.5, 0.6) is 0 Å². The number of halogens is 2. The van der Waals surface area contributed by atoms with Gasteiger partial charge in [0.1, 0.15) is 0 Å². The molecule has 1 saturated heterocycles. The fourth-order valence-electron chi connectivity index (χ4n) is 3.68. The molecule has 32 heavy (non-hydrogen) atoms. The molecule has 166 valence electrons. The number of nitrogens with zero attached hydrogens (tertiary/aromatic N) is 7. The molecule has 0 atom stereocenters. The van der Waals surface area contributed by atoms with Gasteiger partial charge in [-0.2, -0.15) is 15.2 Å². The Morgan fingerprint density at radius 3 is 2.72 bits per heavy atom. The van der Waals surface area contributed by atoms with Gasteiger partial charge in [0, 0.05) is 49.3 Å². The molecule has 0 saturated carbocycles. The van der Waals surface area contributed by atoms with Crippen LogP contribution in [0, 0.1) is 11.6 Å². The summed E-state index contributed by atoms with van der Waals surface area (Å²) in [4.78, 5) is 10.8. The topological polar surface area (TPSA) is 85.9 Å². The first-order valence-corrected chi connectivity index (χ1v) is 10.4. The number of aryl methyl sites for hydroxylation is 1. The van der Waals surface area contributed by atoms with Crippen molar-refractivity contribution in [2.24, 2.45) is 0 Å². The molecule has 9 nitrogen and oxygen atoms in total. The van der Waals surface area contributed by atoms with Crippen LogP contribution in [0.3, 0.4) is 0 Å². The average molecular weight is 440 g/mol. The third-order valence-electron chi connectivity index (χ3n) is 5.37. The molecule has 1 aliphatic rings. The molecule has 1 fully saturated rings. The summed E-state index contributed by atoms with van der Waals surface area (Å²) in [5, 5.41) is 12.3. The Morgan fingerprint density at radius 2 is 1.94 bits per heavy atom. The minimum atomic E-state index is -0.884. The summed E-state index contributed by atoms with van der Waals surface area (Å²) >= 11 is 0. The standard InChI is InChI=1S/C21H22F2N8O/c1-2-30-13-16(11-25-30)27-21-24-9-15-10-26-31(20(15)28-21)12-14-7-17(8-18(22)19(14)23)29-3-5-32-6-4-29/h7-11,13H,2-6,12H2,1H3,(H,24,27,28). The van der Waals surface area contributed by atoms with Crippen LogP contribution >= 0.6 is 0 Å². The van der Waals surface area contributed by atoms with Gasteiger partial charge < -0.3 is 15.0 Å². The molecule has 1 N–H and O–H groups in total. The quantitative estimate of drug-likeness (QED) is 0.493. The molecule has 1 aliphatic heterocycles. The summed E-state index contributed by atoms with van der Waals surface area (Å²) in [5.41, 5.74) is 2.10. The van der Waals surface area contributed by atoms with Gasteiger partial charge in [-0.05, 0) is 13.0 Å². The molecule has 0 bridgehead atoms. The normalized spacial score (nSPS) is 14.3. The number of rotatable bonds is 6. The fraction of sp³-hybridized carbons (Fsp3) is 0.333. The molecule has 4 aromatic rings. The van der Waals surface area contributed by atoms with Crippen molar-refractivity contribution in [3.05, 3.63) is 54.1 Å². The number of aromatic nitrogens is 6. The van der Waals surface area contributed by atoms with Gasteiger partial charge in [0.25, 0.3) is 0 Å². The zero-order valence-corrected chi connectivity index (χ0v) is 17.5. The first kappa shape index (κ1) is 20.3. The van der Waals surface area contributed by atoms with Crippen LogP contribution < -0.4 is 10.2 Å². The van der Waals surface area contributed by atoms with Crippen LogP contribution in [0.2, 0.25) is 0 Å². The van der Waals surface area contributed by atoms with E-state index in [1.54, 1.807) is 34.0 Å². The molecule has 4 heterocycles. The van der Waals surface area contributed by atoms with E-state index in [4.69, 9.17) is 4.74 Å². The Kier molecular flexibility index (Phi) is 5.39. The minimum Gasteiger partial charge on any atom is -0.378 e. The average Bonchev–Trinajstić information content (AvgIpc) is 3.44. The monoisotopic (exact) mass is 440 g/mol. The minimum absolute atomic E-state index is 0.0364.